The normalized spacial score (nSPS) is 11.5. The van der Waals surface area contributed by atoms with Crippen molar-refractivity contribution >= 4 is 44.3 Å². The summed E-state index contributed by atoms with van der Waals surface area (Å²) < 4.78 is 39.9. The standard InChI is InChI=1S/C6H3BrF3IN2O/c7-2-1-3(12)13-5(4(2)11)14-6(8,9)10/h1H,(H2,12,13). The number of alkyl halides is 3. The van der Waals surface area contributed by atoms with Crippen LogP contribution in [-0.2, 0) is 0 Å². The van der Waals surface area contributed by atoms with Gasteiger partial charge in [0, 0.05) is 4.47 Å². The van der Waals surface area contributed by atoms with Crippen molar-refractivity contribution in [3.63, 3.8) is 0 Å². The second-order valence-electron chi connectivity index (χ2n) is 2.20. The lowest BCUT2D eigenvalue weighted by atomic mass is 10.4. The van der Waals surface area contributed by atoms with Crippen LogP contribution >= 0.6 is 38.5 Å². The van der Waals surface area contributed by atoms with Crippen molar-refractivity contribution in [2.45, 2.75) is 6.36 Å². The number of ether oxygens (including phenoxy) is 1. The molecule has 0 aromatic carbocycles. The summed E-state index contributed by atoms with van der Waals surface area (Å²) in [5.74, 6) is -0.596. The van der Waals surface area contributed by atoms with Crippen LogP contribution in [-0.4, -0.2) is 11.3 Å². The van der Waals surface area contributed by atoms with Gasteiger partial charge >= 0.3 is 6.36 Å². The van der Waals surface area contributed by atoms with Crippen LogP contribution in [0.4, 0.5) is 19.0 Å². The molecule has 0 aliphatic heterocycles. The maximum absolute atomic E-state index is 11.9. The van der Waals surface area contributed by atoms with Crippen molar-refractivity contribution < 1.29 is 17.9 Å². The first-order valence-electron chi connectivity index (χ1n) is 3.17. The minimum atomic E-state index is -4.76. The molecule has 1 aromatic rings. The SMILES string of the molecule is Nc1cc(Br)c(I)c(OC(F)(F)F)n1. The molecule has 0 unspecified atom stereocenters. The topological polar surface area (TPSA) is 48.1 Å². The Bertz CT molecular complexity index is 358. The lowest BCUT2D eigenvalue weighted by Gasteiger charge is -2.10. The predicted molar refractivity (Wildman–Crippen MR) is 55.7 cm³/mol. The van der Waals surface area contributed by atoms with Crippen LogP contribution < -0.4 is 10.5 Å². The molecule has 0 aliphatic rings. The molecular formula is C6H3BrF3IN2O. The van der Waals surface area contributed by atoms with Gasteiger partial charge in [0.15, 0.2) is 0 Å². The smallest absolute Gasteiger partial charge is 0.387 e. The number of nitrogens with zero attached hydrogens (tertiary/aromatic N) is 1. The van der Waals surface area contributed by atoms with Gasteiger partial charge in [-0.3, -0.25) is 0 Å². The summed E-state index contributed by atoms with van der Waals surface area (Å²) in [4.78, 5) is 3.42. The van der Waals surface area contributed by atoms with Gasteiger partial charge in [0.2, 0.25) is 5.88 Å². The fourth-order valence-corrected chi connectivity index (χ4v) is 1.46. The quantitative estimate of drug-likeness (QED) is 0.760. The van der Waals surface area contributed by atoms with Gasteiger partial charge in [-0.15, -0.1) is 13.2 Å². The summed E-state index contributed by atoms with van der Waals surface area (Å²) in [6.45, 7) is 0. The van der Waals surface area contributed by atoms with Crippen molar-refractivity contribution in [1.29, 1.82) is 0 Å². The number of anilines is 1. The molecule has 0 fully saturated rings. The molecule has 0 saturated carbocycles. The molecule has 0 amide bonds. The van der Waals surface area contributed by atoms with Gasteiger partial charge in [-0.05, 0) is 44.6 Å². The van der Waals surface area contributed by atoms with Crippen LogP contribution in [0.5, 0.6) is 5.88 Å². The summed E-state index contributed by atoms with van der Waals surface area (Å²) in [6.07, 6.45) is -4.76. The zero-order chi connectivity index (χ0) is 10.9. The molecule has 78 valence electrons. The molecule has 0 spiro atoms. The first-order valence-corrected chi connectivity index (χ1v) is 5.04. The van der Waals surface area contributed by atoms with E-state index in [1.54, 1.807) is 22.6 Å². The summed E-state index contributed by atoms with van der Waals surface area (Å²) >= 11 is 4.70. The Kier molecular flexibility index (Phi) is 3.45. The highest BCUT2D eigenvalue weighted by Crippen LogP contribution is 2.31. The minimum absolute atomic E-state index is 0.0449. The number of aromatic nitrogens is 1. The van der Waals surface area contributed by atoms with Gasteiger partial charge in [0.05, 0.1) is 3.57 Å². The molecule has 0 atom stereocenters. The zero-order valence-electron chi connectivity index (χ0n) is 6.40. The number of nitrogens with two attached hydrogens (primary N) is 1. The number of pyridine rings is 1. The van der Waals surface area contributed by atoms with Crippen LogP contribution in [0.1, 0.15) is 0 Å². The molecule has 1 heterocycles. The van der Waals surface area contributed by atoms with Crippen molar-refractivity contribution in [3.05, 3.63) is 14.1 Å². The van der Waals surface area contributed by atoms with Gasteiger partial charge in [0.25, 0.3) is 0 Å². The average Bonchev–Trinajstić information content (AvgIpc) is 1.96. The maximum atomic E-state index is 11.9. The summed E-state index contributed by atoms with van der Waals surface area (Å²) in [5.41, 5.74) is 5.26. The van der Waals surface area contributed by atoms with Crippen molar-refractivity contribution in [2.75, 3.05) is 5.73 Å². The van der Waals surface area contributed by atoms with E-state index in [1.807, 2.05) is 0 Å². The van der Waals surface area contributed by atoms with Gasteiger partial charge in [0.1, 0.15) is 5.82 Å². The lowest BCUT2D eigenvalue weighted by Crippen LogP contribution is -2.19. The van der Waals surface area contributed by atoms with Crippen LogP contribution in [0.15, 0.2) is 10.5 Å². The van der Waals surface area contributed by atoms with Crippen molar-refractivity contribution in [2.24, 2.45) is 0 Å². The summed E-state index contributed by atoms with van der Waals surface area (Å²) in [7, 11) is 0. The van der Waals surface area contributed by atoms with Crippen molar-refractivity contribution in [1.82, 2.24) is 4.98 Å². The molecule has 8 heteroatoms. The van der Waals surface area contributed by atoms with E-state index in [2.05, 4.69) is 25.7 Å². The Morgan fingerprint density at radius 3 is 2.57 bits per heavy atom. The number of halogens is 5. The van der Waals surface area contributed by atoms with Gasteiger partial charge in [-0.2, -0.15) is 4.98 Å². The Morgan fingerprint density at radius 2 is 2.07 bits per heavy atom. The Balaban J connectivity index is 3.09. The molecule has 1 rings (SSSR count). The monoisotopic (exact) mass is 382 g/mol. The Hall–Kier alpha value is -0.250. The molecule has 2 N–H and O–H groups in total. The molecule has 14 heavy (non-hydrogen) atoms. The molecule has 3 nitrogen and oxygen atoms in total. The van der Waals surface area contributed by atoms with E-state index in [0.717, 1.165) is 0 Å². The maximum Gasteiger partial charge on any atom is 0.574 e. The number of hydrogen-bond donors (Lipinski definition) is 1. The van der Waals surface area contributed by atoms with Gasteiger partial charge in [-0.1, -0.05) is 0 Å². The van der Waals surface area contributed by atoms with Crippen LogP contribution in [0, 0.1) is 3.57 Å². The third-order valence-electron chi connectivity index (χ3n) is 1.12. The molecular weight excluding hydrogens is 380 g/mol. The first-order chi connectivity index (χ1) is 6.29. The minimum Gasteiger partial charge on any atom is -0.387 e. The average molecular weight is 383 g/mol. The Morgan fingerprint density at radius 1 is 1.50 bits per heavy atom. The van der Waals surface area contributed by atoms with E-state index in [4.69, 9.17) is 5.73 Å². The van der Waals surface area contributed by atoms with E-state index >= 15 is 0 Å². The second-order valence-corrected chi connectivity index (χ2v) is 4.13. The third-order valence-corrected chi connectivity index (χ3v) is 3.52. The van der Waals surface area contributed by atoms with E-state index in [0.29, 0.717) is 4.47 Å². The van der Waals surface area contributed by atoms with Crippen LogP contribution in [0.2, 0.25) is 0 Å². The second kappa shape index (κ2) is 4.09. The lowest BCUT2D eigenvalue weighted by molar-refractivity contribution is -0.276. The highest BCUT2D eigenvalue weighted by atomic mass is 127. The van der Waals surface area contributed by atoms with Crippen LogP contribution in [0.3, 0.4) is 0 Å². The van der Waals surface area contributed by atoms with Gasteiger partial charge in [-0.25, -0.2) is 0 Å². The van der Waals surface area contributed by atoms with E-state index < -0.39 is 12.2 Å². The van der Waals surface area contributed by atoms with E-state index in [9.17, 15) is 13.2 Å². The highest BCUT2D eigenvalue weighted by molar-refractivity contribution is 14.1. The molecule has 0 saturated heterocycles. The Labute approximate surface area is 99.1 Å². The highest BCUT2D eigenvalue weighted by Gasteiger charge is 2.33. The van der Waals surface area contributed by atoms with E-state index in [-0.39, 0.29) is 9.39 Å². The van der Waals surface area contributed by atoms with Gasteiger partial charge < -0.3 is 10.5 Å². The summed E-state index contributed by atoms with van der Waals surface area (Å²) in [5, 5.41) is 0. The fraction of sp³-hybridized carbons (Fsp3) is 0.167. The molecule has 0 bridgehead atoms. The first kappa shape index (κ1) is 11.8. The van der Waals surface area contributed by atoms with Crippen LogP contribution in [0.25, 0.3) is 0 Å². The fourth-order valence-electron chi connectivity index (χ4n) is 0.671. The number of rotatable bonds is 1. The summed E-state index contributed by atoms with van der Waals surface area (Å²) in [6, 6.07) is 1.39. The number of hydrogen-bond acceptors (Lipinski definition) is 3. The zero-order valence-corrected chi connectivity index (χ0v) is 10.1. The molecule has 0 aliphatic carbocycles. The molecule has 0 radical (unpaired) electrons. The van der Waals surface area contributed by atoms with Crippen molar-refractivity contribution in [3.8, 4) is 5.88 Å². The largest absolute Gasteiger partial charge is 0.574 e. The predicted octanol–water partition coefficient (Wildman–Crippen LogP) is 2.93. The number of nitrogen functional groups attached to an aromatic ring is 1. The van der Waals surface area contributed by atoms with E-state index in [1.165, 1.54) is 6.07 Å². The third kappa shape index (κ3) is 3.15. The molecule has 1 aromatic heterocycles.